The van der Waals surface area contributed by atoms with Crippen molar-refractivity contribution in [2.75, 3.05) is 0 Å². The molecule has 2 rings (SSSR count). The summed E-state index contributed by atoms with van der Waals surface area (Å²) in [5, 5.41) is 11.3. The number of benzene rings is 1. The molecule has 18 heavy (non-hydrogen) atoms. The van der Waals surface area contributed by atoms with Crippen LogP contribution in [0, 0.1) is 10.1 Å². The molecule has 98 valence electrons. The lowest BCUT2D eigenvalue weighted by Crippen LogP contribution is -2.30. The zero-order chi connectivity index (χ0) is 13.5. The van der Waals surface area contributed by atoms with Crippen molar-refractivity contribution in [1.29, 1.82) is 0 Å². The van der Waals surface area contributed by atoms with Gasteiger partial charge >= 0.3 is 5.69 Å². The summed E-state index contributed by atoms with van der Waals surface area (Å²) >= 11 is 3.41. The number of fused-ring (bicyclic) bond motifs is 1. The third-order valence-corrected chi connectivity index (χ3v) is 4.28. The van der Waals surface area contributed by atoms with Crippen molar-refractivity contribution in [2.24, 2.45) is 0 Å². The molecule has 0 atom stereocenters. The monoisotopic (exact) mass is 329 g/mol. The molecular weight excluding hydrogens is 314 g/mol. The Hall–Kier alpha value is -0.883. The van der Waals surface area contributed by atoms with E-state index in [1.807, 2.05) is 25.7 Å². The third-order valence-electron chi connectivity index (χ3n) is 2.87. The van der Waals surface area contributed by atoms with Crippen LogP contribution >= 0.6 is 15.9 Å². The first-order chi connectivity index (χ1) is 8.29. The summed E-state index contributed by atoms with van der Waals surface area (Å²) in [5.74, 6) is 0.416. The van der Waals surface area contributed by atoms with Crippen LogP contribution < -0.4 is 4.43 Å². The van der Waals surface area contributed by atoms with Crippen molar-refractivity contribution in [1.82, 2.24) is 0 Å². The summed E-state index contributed by atoms with van der Waals surface area (Å²) < 4.78 is 6.61. The number of halogens is 1. The second-order valence-corrected chi connectivity index (χ2v) is 10.8. The van der Waals surface area contributed by atoms with E-state index in [1.54, 1.807) is 0 Å². The summed E-state index contributed by atoms with van der Waals surface area (Å²) in [6, 6.07) is 1.98. The van der Waals surface area contributed by atoms with E-state index in [0.29, 0.717) is 10.2 Å². The van der Waals surface area contributed by atoms with Crippen molar-refractivity contribution in [2.45, 2.75) is 38.9 Å². The SMILES string of the molecule is C[Si](C)(C)Oc1c(Br)cc2c(c1[N+](=O)[O-])CCC2. The number of nitrogens with zero attached hydrogens (tertiary/aromatic N) is 1. The fraction of sp³-hybridized carbons (Fsp3) is 0.500. The maximum absolute atomic E-state index is 11.3. The van der Waals surface area contributed by atoms with Crippen LogP contribution in [0.2, 0.25) is 19.6 Å². The van der Waals surface area contributed by atoms with Gasteiger partial charge in [-0.15, -0.1) is 0 Å². The largest absolute Gasteiger partial charge is 0.539 e. The molecule has 1 aliphatic carbocycles. The molecule has 0 aliphatic heterocycles. The van der Waals surface area contributed by atoms with Gasteiger partial charge in [0.1, 0.15) is 0 Å². The lowest BCUT2D eigenvalue weighted by atomic mass is 10.1. The fourth-order valence-electron chi connectivity index (χ4n) is 2.26. The summed E-state index contributed by atoms with van der Waals surface area (Å²) in [6.45, 7) is 6.07. The number of nitro groups is 1. The van der Waals surface area contributed by atoms with Gasteiger partial charge in [0.15, 0.2) is 5.75 Å². The molecule has 0 unspecified atom stereocenters. The molecule has 0 amide bonds. The highest BCUT2D eigenvalue weighted by atomic mass is 79.9. The minimum atomic E-state index is -1.87. The Bertz CT molecular complexity index is 511. The molecule has 0 heterocycles. The Morgan fingerprint density at radius 2 is 2.06 bits per heavy atom. The second-order valence-electron chi connectivity index (χ2n) is 5.50. The van der Waals surface area contributed by atoms with E-state index in [4.69, 9.17) is 4.43 Å². The van der Waals surface area contributed by atoms with Crippen molar-refractivity contribution < 1.29 is 9.35 Å². The van der Waals surface area contributed by atoms with Crippen LogP contribution in [-0.2, 0) is 12.8 Å². The van der Waals surface area contributed by atoms with E-state index in [0.717, 1.165) is 30.4 Å². The van der Waals surface area contributed by atoms with E-state index >= 15 is 0 Å². The molecule has 0 N–H and O–H groups in total. The molecule has 0 fully saturated rings. The lowest BCUT2D eigenvalue weighted by Gasteiger charge is -2.21. The Morgan fingerprint density at radius 1 is 1.39 bits per heavy atom. The highest BCUT2D eigenvalue weighted by Gasteiger charge is 2.32. The van der Waals surface area contributed by atoms with Crippen molar-refractivity contribution in [3.05, 3.63) is 31.8 Å². The average Bonchev–Trinajstić information content (AvgIpc) is 2.63. The van der Waals surface area contributed by atoms with Crippen molar-refractivity contribution >= 4 is 29.9 Å². The maximum atomic E-state index is 11.3. The van der Waals surface area contributed by atoms with Gasteiger partial charge in [-0.25, -0.2) is 0 Å². The van der Waals surface area contributed by atoms with Gasteiger partial charge in [0.2, 0.25) is 8.32 Å². The van der Waals surface area contributed by atoms with Crippen LogP contribution in [0.3, 0.4) is 0 Å². The second kappa shape index (κ2) is 4.66. The number of hydrogen-bond acceptors (Lipinski definition) is 3. The molecule has 4 nitrogen and oxygen atoms in total. The van der Waals surface area contributed by atoms with Crippen LogP contribution in [0.25, 0.3) is 0 Å². The molecular formula is C12H16BrNO3Si. The Balaban J connectivity index is 2.61. The van der Waals surface area contributed by atoms with Gasteiger partial charge in [0.25, 0.3) is 0 Å². The van der Waals surface area contributed by atoms with Crippen molar-refractivity contribution in [3.8, 4) is 5.75 Å². The molecule has 1 aromatic rings. The maximum Gasteiger partial charge on any atom is 0.314 e. The average molecular weight is 330 g/mol. The highest BCUT2D eigenvalue weighted by Crippen LogP contribution is 2.44. The van der Waals surface area contributed by atoms with E-state index in [2.05, 4.69) is 15.9 Å². The Kier molecular flexibility index (Phi) is 3.51. The van der Waals surface area contributed by atoms with E-state index in [1.165, 1.54) is 0 Å². The summed E-state index contributed by atoms with van der Waals surface area (Å²) in [6.07, 6.45) is 2.68. The van der Waals surface area contributed by atoms with Gasteiger partial charge in [-0.1, -0.05) is 0 Å². The summed E-state index contributed by atoms with van der Waals surface area (Å²) in [7, 11) is -1.87. The predicted octanol–water partition coefficient (Wildman–Crippen LogP) is 4.06. The van der Waals surface area contributed by atoms with Crippen LogP contribution in [-0.4, -0.2) is 13.2 Å². The molecule has 1 aromatic carbocycles. The standard InChI is InChI=1S/C12H16BrNO3Si/c1-18(2,3)17-12-10(13)7-8-5-4-6-9(8)11(12)14(15)16/h7H,4-6H2,1-3H3. The highest BCUT2D eigenvalue weighted by molar-refractivity contribution is 9.10. The zero-order valence-electron chi connectivity index (χ0n) is 10.7. The molecule has 6 heteroatoms. The molecule has 0 saturated carbocycles. The first-order valence-electron chi connectivity index (χ1n) is 5.97. The molecule has 1 aliphatic rings. The van der Waals surface area contributed by atoms with Gasteiger partial charge in [0, 0.05) is 5.56 Å². The van der Waals surface area contributed by atoms with Crippen LogP contribution in [0.15, 0.2) is 10.5 Å². The van der Waals surface area contributed by atoms with Gasteiger partial charge in [-0.05, 0) is 66.5 Å². The van der Waals surface area contributed by atoms with Crippen LogP contribution in [0.1, 0.15) is 17.5 Å². The number of aryl methyl sites for hydroxylation is 1. The zero-order valence-corrected chi connectivity index (χ0v) is 13.3. The minimum absolute atomic E-state index is 0.166. The number of hydrogen-bond donors (Lipinski definition) is 0. The van der Waals surface area contributed by atoms with Gasteiger partial charge in [0.05, 0.1) is 9.40 Å². The molecule has 0 spiro atoms. The Labute approximate surface area is 116 Å². The van der Waals surface area contributed by atoms with E-state index < -0.39 is 8.32 Å². The van der Waals surface area contributed by atoms with Gasteiger partial charge in [-0.2, -0.15) is 0 Å². The fourth-order valence-corrected chi connectivity index (χ4v) is 3.78. The number of nitro benzene ring substituents is 1. The molecule has 0 radical (unpaired) electrons. The smallest absolute Gasteiger partial charge is 0.314 e. The first kappa shape index (κ1) is 13.5. The van der Waals surface area contributed by atoms with Gasteiger partial charge < -0.3 is 4.43 Å². The first-order valence-corrected chi connectivity index (χ1v) is 10.2. The van der Waals surface area contributed by atoms with Crippen LogP contribution in [0.4, 0.5) is 5.69 Å². The third kappa shape index (κ3) is 2.59. The summed E-state index contributed by atoms with van der Waals surface area (Å²) in [5.41, 5.74) is 2.10. The quantitative estimate of drug-likeness (QED) is 0.477. The summed E-state index contributed by atoms with van der Waals surface area (Å²) in [4.78, 5) is 11.0. The molecule has 0 aromatic heterocycles. The predicted molar refractivity (Wildman–Crippen MR) is 76.8 cm³/mol. The van der Waals surface area contributed by atoms with E-state index in [9.17, 15) is 10.1 Å². The Morgan fingerprint density at radius 3 is 2.61 bits per heavy atom. The topological polar surface area (TPSA) is 52.4 Å². The van der Waals surface area contributed by atoms with Crippen molar-refractivity contribution in [3.63, 3.8) is 0 Å². The number of rotatable bonds is 3. The van der Waals surface area contributed by atoms with Gasteiger partial charge in [-0.3, -0.25) is 10.1 Å². The lowest BCUT2D eigenvalue weighted by molar-refractivity contribution is -0.386. The van der Waals surface area contributed by atoms with E-state index in [-0.39, 0.29) is 10.6 Å². The van der Waals surface area contributed by atoms with Crippen LogP contribution in [0.5, 0.6) is 5.75 Å². The molecule has 0 bridgehead atoms. The molecule has 0 saturated heterocycles. The minimum Gasteiger partial charge on any atom is -0.539 e. The normalized spacial score (nSPS) is 14.4.